The molecule has 0 saturated carbocycles. The summed E-state index contributed by atoms with van der Waals surface area (Å²) in [6, 6.07) is 3.82. The van der Waals surface area contributed by atoms with Crippen molar-refractivity contribution >= 4 is 11.6 Å². The molecule has 2 unspecified atom stereocenters. The van der Waals surface area contributed by atoms with Crippen LogP contribution in [0.4, 0.5) is 0 Å². The molecule has 0 aliphatic heterocycles. The maximum absolute atomic E-state index is 6.35. The Morgan fingerprint density at radius 2 is 2.00 bits per heavy atom. The van der Waals surface area contributed by atoms with Gasteiger partial charge in [0.05, 0.1) is 11.6 Å². The molecule has 19 heavy (non-hydrogen) atoms. The van der Waals surface area contributed by atoms with Crippen LogP contribution in [0.1, 0.15) is 56.7 Å². The van der Waals surface area contributed by atoms with E-state index < -0.39 is 0 Å². The van der Waals surface area contributed by atoms with Crippen molar-refractivity contribution in [1.82, 2.24) is 0 Å². The molecule has 0 heterocycles. The maximum Gasteiger partial charge on any atom is 0.142 e. The van der Waals surface area contributed by atoms with Crippen LogP contribution >= 0.6 is 11.6 Å². The predicted octanol–water partition coefficient (Wildman–Crippen LogP) is 3.60. The molecule has 0 bridgehead atoms. The smallest absolute Gasteiger partial charge is 0.142 e. The number of hydrogen-bond donors (Lipinski definition) is 2. The first kappa shape index (κ1) is 16.3. The van der Waals surface area contributed by atoms with Gasteiger partial charge in [-0.2, -0.15) is 0 Å². The van der Waals surface area contributed by atoms with Crippen LogP contribution < -0.4 is 16.2 Å². The summed E-state index contributed by atoms with van der Waals surface area (Å²) in [7, 11) is 0. The first-order valence-corrected chi connectivity index (χ1v) is 7.34. The highest BCUT2D eigenvalue weighted by Crippen LogP contribution is 2.36. The number of benzene rings is 1. The van der Waals surface area contributed by atoms with Gasteiger partial charge in [0, 0.05) is 18.2 Å². The molecule has 0 aromatic heterocycles. The van der Waals surface area contributed by atoms with Gasteiger partial charge < -0.3 is 16.2 Å². The standard InChI is InChI=1S/C15H25ClN2O/c1-4-6-19-15-12(14(18)9-17)7-11(8-13(15)16)10(3)5-2/h7-8,10,14H,4-6,9,17-18H2,1-3H3. The van der Waals surface area contributed by atoms with E-state index in [1.165, 1.54) is 5.56 Å². The SMILES string of the molecule is CCCOc1c(Cl)cc(C(C)CC)cc1C(N)CN. The number of halogens is 1. The average Bonchev–Trinajstić information content (AvgIpc) is 2.43. The van der Waals surface area contributed by atoms with Crippen LogP contribution in [-0.4, -0.2) is 13.2 Å². The summed E-state index contributed by atoms with van der Waals surface area (Å²) in [5, 5.41) is 0.630. The van der Waals surface area contributed by atoms with Crippen LogP contribution in [0.25, 0.3) is 0 Å². The lowest BCUT2D eigenvalue weighted by Crippen LogP contribution is -2.22. The molecule has 0 saturated heterocycles. The minimum Gasteiger partial charge on any atom is -0.492 e. The first-order valence-electron chi connectivity index (χ1n) is 6.96. The quantitative estimate of drug-likeness (QED) is 0.804. The van der Waals surface area contributed by atoms with E-state index in [0.29, 0.717) is 29.8 Å². The van der Waals surface area contributed by atoms with E-state index in [1.807, 2.05) is 6.07 Å². The summed E-state index contributed by atoms with van der Waals surface area (Å²) in [4.78, 5) is 0. The van der Waals surface area contributed by atoms with Crippen molar-refractivity contribution in [3.05, 3.63) is 28.3 Å². The van der Waals surface area contributed by atoms with Crippen molar-refractivity contribution in [3.63, 3.8) is 0 Å². The second kappa shape index (κ2) is 7.73. The highest BCUT2D eigenvalue weighted by Gasteiger charge is 2.17. The van der Waals surface area contributed by atoms with Crippen LogP contribution in [-0.2, 0) is 0 Å². The molecule has 0 aliphatic rings. The minimum atomic E-state index is -0.242. The van der Waals surface area contributed by atoms with Gasteiger partial charge in [-0.05, 0) is 30.4 Å². The molecular formula is C15H25ClN2O. The van der Waals surface area contributed by atoms with Crippen LogP contribution in [0, 0.1) is 0 Å². The third-order valence-corrected chi connectivity index (χ3v) is 3.66. The van der Waals surface area contributed by atoms with Crippen molar-refractivity contribution in [3.8, 4) is 5.75 Å². The Bertz CT molecular complexity index is 409. The van der Waals surface area contributed by atoms with E-state index in [2.05, 4.69) is 26.8 Å². The van der Waals surface area contributed by atoms with E-state index in [9.17, 15) is 0 Å². The lowest BCUT2D eigenvalue weighted by molar-refractivity contribution is 0.312. The molecule has 0 aliphatic carbocycles. The molecule has 0 fully saturated rings. The van der Waals surface area contributed by atoms with Gasteiger partial charge in [-0.15, -0.1) is 0 Å². The number of rotatable bonds is 7. The summed E-state index contributed by atoms with van der Waals surface area (Å²) >= 11 is 6.35. The zero-order valence-electron chi connectivity index (χ0n) is 12.1. The zero-order chi connectivity index (χ0) is 14.4. The average molecular weight is 285 g/mol. The largest absolute Gasteiger partial charge is 0.492 e. The maximum atomic E-state index is 6.35. The molecule has 1 rings (SSSR count). The van der Waals surface area contributed by atoms with E-state index in [1.54, 1.807) is 0 Å². The molecule has 4 N–H and O–H groups in total. The monoisotopic (exact) mass is 284 g/mol. The van der Waals surface area contributed by atoms with Gasteiger partial charge >= 0.3 is 0 Å². The molecule has 1 aromatic carbocycles. The van der Waals surface area contributed by atoms with E-state index in [4.69, 9.17) is 27.8 Å². The molecule has 1 aromatic rings. The fraction of sp³-hybridized carbons (Fsp3) is 0.600. The minimum absolute atomic E-state index is 0.242. The lowest BCUT2D eigenvalue weighted by atomic mass is 9.94. The molecule has 3 nitrogen and oxygen atoms in total. The summed E-state index contributed by atoms with van der Waals surface area (Å²) < 4.78 is 5.74. The molecule has 0 spiro atoms. The number of hydrogen-bond acceptors (Lipinski definition) is 3. The van der Waals surface area contributed by atoms with Crippen LogP contribution in [0.5, 0.6) is 5.75 Å². The predicted molar refractivity (Wildman–Crippen MR) is 81.9 cm³/mol. The van der Waals surface area contributed by atoms with Crippen molar-refractivity contribution in [2.75, 3.05) is 13.2 Å². The van der Waals surface area contributed by atoms with Gasteiger partial charge in [-0.25, -0.2) is 0 Å². The van der Waals surface area contributed by atoms with Crippen molar-refractivity contribution < 1.29 is 4.74 Å². The second-order valence-corrected chi connectivity index (χ2v) is 5.33. The Morgan fingerprint density at radius 1 is 1.32 bits per heavy atom. The Hall–Kier alpha value is -0.770. The molecule has 0 amide bonds. The molecule has 108 valence electrons. The van der Waals surface area contributed by atoms with Gasteiger partial charge in [-0.3, -0.25) is 0 Å². The molecule has 2 atom stereocenters. The van der Waals surface area contributed by atoms with Gasteiger partial charge in [-0.1, -0.05) is 38.4 Å². The Morgan fingerprint density at radius 3 is 2.53 bits per heavy atom. The molecule has 0 radical (unpaired) electrons. The Labute approximate surface area is 121 Å². The molecule has 4 heteroatoms. The van der Waals surface area contributed by atoms with Crippen molar-refractivity contribution in [2.24, 2.45) is 11.5 Å². The summed E-state index contributed by atoms with van der Waals surface area (Å²) in [5.41, 5.74) is 13.9. The lowest BCUT2D eigenvalue weighted by Gasteiger charge is -2.20. The van der Waals surface area contributed by atoms with Crippen LogP contribution in [0.2, 0.25) is 5.02 Å². The normalized spacial score (nSPS) is 14.2. The third kappa shape index (κ3) is 4.10. The third-order valence-electron chi connectivity index (χ3n) is 3.38. The fourth-order valence-corrected chi connectivity index (χ4v) is 2.21. The van der Waals surface area contributed by atoms with Crippen LogP contribution in [0.3, 0.4) is 0 Å². The summed E-state index contributed by atoms with van der Waals surface area (Å²) in [6.07, 6.45) is 1.99. The zero-order valence-corrected chi connectivity index (χ0v) is 12.8. The van der Waals surface area contributed by atoms with E-state index in [0.717, 1.165) is 18.4 Å². The van der Waals surface area contributed by atoms with E-state index in [-0.39, 0.29) is 6.04 Å². The Kier molecular flexibility index (Phi) is 6.63. The van der Waals surface area contributed by atoms with Gasteiger partial charge in [0.15, 0.2) is 0 Å². The van der Waals surface area contributed by atoms with Crippen molar-refractivity contribution in [1.29, 1.82) is 0 Å². The topological polar surface area (TPSA) is 61.3 Å². The molecular weight excluding hydrogens is 260 g/mol. The van der Waals surface area contributed by atoms with Gasteiger partial charge in [0.25, 0.3) is 0 Å². The van der Waals surface area contributed by atoms with Gasteiger partial charge in [0.2, 0.25) is 0 Å². The highest BCUT2D eigenvalue weighted by atomic mass is 35.5. The number of nitrogens with two attached hydrogens (primary N) is 2. The first-order chi connectivity index (χ1) is 9.04. The highest BCUT2D eigenvalue weighted by molar-refractivity contribution is 6.32. The number of ether oxygens (including phenoxy) is 1. The summed E-state index contributed by atoms with van der Waals surface area (Å²) in [6.45, 7) is 7.40. The van der Waals surface area contributed by atoms with Gasteiger partial charge in [0.1, 0.15) is 5.75 Å². The van der Waals surface area contributed by atoms with Crippen molar-refractivity contribution in [2.45, 2.75) is 45.6 Å². The second-order valence-electron chi connectivity index (χ2n) is 4.92. The fourth-order valence-electron chi connectivity index (χ4n) is 1.92. The van der Waals surface area contributed by atoms with E-state index >= 15 is 0 Å². The summed E-state index contributed by atoms with van der Waals surface area (Å²) in [5.74, 6) is 1.13. The Balaban J connectivity index is 3.21. The van der Waals surface area contributed by atoms with Crippen LogP contribution in [0.15, 0.2) is 12.1 Å².